The summed E-state index contributed by atoms with van der Waals surface area (Å²) in [7, 11) is 0. The zero-order chi connectivity index (χ0) is 20.6. The number of fused-ring (bicyclic) bond motifs is 5. The van der Waals surface area contributed by atoms with Crippen LogP contribution in [0.25, 0.3) is 0 Å². The number of nitrogens with zero attached hydrogens (tertiary/aromatic N) is 1. The Morgan fingerprint density at radius 1 is 1.00 bits per heavy atom. The molecule has 0 spiro atoms. The van der Waals surface area contributed by atoms with Gasteiger partial charge in [0.25, 0.3) is 0 Å². The normalized spacial score (nSPS) is 47.4. The van der Waals surface area contributed by atoms with Crippen molar-refractivity contribution in [3.63, 3.8) is 0 Å². The Morgan fingerprint density at radius 2 is 1.72 bits per heavy atom. The van der Waals surface area contributed by atoms with E-state index in [1.807, 2.05) is 0 Å². The summed E-state index contributed by atoms with van der Waals surface area (Å²) in [5, 5.41) is 16.5. The lowest BCUT2D eigenvalue weighted by atomic mass is 9.44. The van der Waals surface area contributed by atoms with E-state index >= 15 is 0 Å². The van der Waals surface area contributed by atoms with E-state index < -0.39 is 11.9 Å². The van der Waals surface area contributed by atoms with E-state index in [9.17, 15) is 18.3 Å². The Labute approximate surface area is 170 Å². The summed E-state index contributed by atoms with van der Waals surface area (Å²) in [5.41, 5.74) is 0.288. The van der Waals surface area contributed by atoms with Crippen molar-refractivity contribution < 1.29 is 18.3 Å². The number of nitrogens with one attached hydrogen (secondary N) is 1. The molecule has 2 N–H and O–H groups in total. The van der Waals surface area contributed by atoms with Gasteiger partial charge in [0.1, 0.15) is 0 Å². The Morgan fingerprint density at radius 3 is 2.45 bits per heavy atom. The van der Waals surface area contributed by atoms with E-state index in [0.29, 0.717) is 34.8 Å². The van der Waals surface area contributed by atoms with E-state index in [1.165, 1.54) is 25.3 Å². The fourth-order valence-electron chi connectivity index (χ4n) is 8.41. The molecule has 5 rings (SSSR count). The third-order valence-corrected chi connectivity index (χ3v) is 9.90. The topological polar surface area (TPSA) is 48.9 Å². The number of rotatable bonds is 1. The van der Waals surface area contributed by atoms with E-state index in [4.69, 9.17) is 0 Å². The van der Waals surface area contributed by atoms with Crippen LogP contribution < -0.4 is 0 Å². The number of hydrogen-bond donors (Lipinski definition) is 2. The van der Waals surface area contributed by atoms with Crippen molar-refractivity contribution in [1.29, 1.82) is 0 Å². The molecule has 0 unspecified atom stereocenters. The highest BCUT2D eigenvalue weighted by Gasteiger charge is 2.60. The van der Waals surface area contributed by atoms with Crippen LogP contribution in [-0.2, 0) is 6.18 Å². The van der Waals surface area contributed by atoms with Gasteiger partial charge in [0, 0.05) is 11.6 Å². The van der Waals surface area contributed by atoms with Crippen molar-refractivity contribution in [2.75, 3.05) is 0 Å². The molecular weight excluding hydrogens is 377 g/mol. The van der Waals surface area contributed by atoms with Gasteiger partial charge < -0.3 is 5.11 Å². The standard InChI is InChI=1S/C23H33F3N2O/c1-21-9-7-14(29)11-13(21)3-4-15-16-5-6-18(22(16,2)10-8-17(15)21)19-12-20(28-27-19)23(24,25)26/h12-18,29H,3-11H2,1-2H3,(H,27,28)/t13-,14+,15+,16+,17+,18-,21+,22+/m1/s1. The van der Waals surface area contributed by atoms with Gasteiger partial charge in [-0.15, -0.1) is 0 Å². The Kier molecular flexibility index (Phi) is 4.44. The van der Waals surface area contributed by atoms with E-state index in [2.05, 4.69) is 24.0 Å². The zero-order valence-electron chi connectivity index (χ0n) is 17.4. The van der Waals surface area contributed by atoms with Gasteiger partial charge in [-0.3, -0.25) is 5.10 Å². The van der Waals surface area contributed by atoms with Gasteiger partial charge in [-0.05, 0) is 98.4 Å². The molecule has 4 aliphatic rings. The van der Waals surface area contributed by atoms with Crippen LogP contribution in [0.4, 0.5) is 13.2 Å². The molecule has 0 aliphatic heterocycles. The van der Waals surface area contributed by atoms with Gasteiger partial charge in [-0.2, -0.15) is 18.3 Å². The molecule has 1 aromatic rings. The van der Waals surface area contributed by atoms with Crippen LogP contribution in [0.5, 0.6) is 0 Å². The minimum atomic E-state index is -4.39. The molecule has 6 heteroatoms. The second-order valence-electron chi connectivity index (χ2n) is 11.0. The van der Waals surface area contributed by atoms with E-state index in [0.717, 1.165) is 38.5 Å². The molecule has 8 atom stereocenters. The molecule has 0 saturated heterocycles. The highest BCUT2D eigenvalue weighted by Crippen LogP contribution is 2.68. The van der Waals surface area contributed by atoms with Crippen LogP contribution in [0, 0.1) is 34.5 Å². The fourth-order valence-corrected chi connectivity index (χ4v) is 8.41. The number of aromatic amines is 1. The summed E-state index contributed by atoms with van der Waals surface area (Å²) >= 11 is 0. The first kappa shape index (κ1) is 19.9. The van der Waals surface area contributed by atoms with Gasteiger partial charge in [0.15, 0.2) is 5.69 Å². The molecule has 0 amide bonds. The smallest absolute Gasteiger partial charge is 0.393 e. The lowest BCUT2D eigenvalue weighted by molar-refractivity contribution is -0.141. The minimum absolute atomic E-state index is 0.0634. The van der Waals surface area contributed by atoms with Crippen LogP contribution in [-0.4, -0.2) is 21.4 Å². The van der Waals surface area contributed by atoms with Crippen molar-refractivity contribution in [3.8, 4) is 0 Å². The highest BCUT2D eigenvalue weighted by atomic mass is 19.4. The van der Waals surface area contributed by atoms with Crippen LogP contribution in [0.3, 0.4) is 0 Å². The number of aliphatic hydroxyl groups is 1. The summed E-state index contributed by atoms with van der Waals surface area (Å²) in [6.07, 6.45) is 5.27. The van der Waals surface area contributed by atoms with Crippen molar-refractivity contribution in [3.05, 3.63) is 17.5 Å². The van der Waals surface area contributed by atoms with Crippen molar-refractivity contribution in [2.24, 2.45) is 34.5 Å². The van der Waals surface area contributed by atoms with Crippen molar-refractivity contribution >= 4 is 0 Å². The van der Waals surface area contributed by atoms with Gasteiger partial charge in [-0.25, -0.2) is 0 Å². The van der Waals surface area contributed by atoms with Gasteiger partial charge in [0.2, 0.25) is 0 Å². The van der Waals surface area contributed by atoms with Gasteiger partial charge >= 0.3 is 6.18 Å². The molecule has 1 aromatic heterocycles. The fraction of sp³-hybridized carbons (Fsp3) is 0.870. The number of alkyl halides is 3. The van der Waals surface area contributed by atoms with Crippen LogP contribution in [0.2, 0.25) is 0 Å². The molecule has 1 heterocycles. The monoisotopic (exact) mass is 410 g/mol. The first-order valence-corrected chi connectivity index (χ1v) is 11.4. The summed E-state index contributed by atoms with van der Waals surface area (Å²) in [6.45, 7) is 4.80. The molecule has 0 aromatic carbocycles. The summed E-state index contributed by atoms with van der Waals surface area (Å²) < 4.78 is 39.2. The molecule has 0 bridgehead atoms. The van der Waals surface area contributed by atoms with Crippen LogP contribution in [0.1, 0.15) is 88.9 Å². The molecule has 162 valence electrons. The number of aliphatic hydroxyl groups excluding tert-OH is 1. The molecule has 0 radical (unpaired) electrons. The van der Waals surface area contributed by atoms with Crippen molar-refractivity contribution in [2.45, 2.75) is 89.8 Å². The predicted octanol–water partition coefficient (Wildman–Crippen LogP) is 5.92. The van der Waals surface area contributed by atoms with Gasteiger partial charge in [-0.1, -0.05) is 13.8 Å². The van der Waals surface area contributed by atoms with Crippen molar-refractivity contribution in [1.82, 2.24) is 10.2 Å². The SMILES string of the molecule is C[C@]12CC[C@H](O)C[C@H]1CC[C@@H]1[C@@H]2CC[C@]2(C)[C@@H](c3cc(C(F)(F)F)n[nH]3)CC[C@@H]12. The second kappa shape index (κ2) is 6.48. The third kappa shape index (κ3) is 2.91. The zero-order valence-corrected chi connectivity index (χ0v) is 17.4. The number of aromatic nitrogens is 2. The predicted molar refractivity (Wildman–Crippen MR) is 104 cm³/mol. The molecule has 29 heavy (non-hydrogen) atoms. The van der Waals surface area contributed by atoms with Crippen LogP contribution >= 0.6 is 0 Å². The Bertz CT molecular complexity index is 776. The Hall–Kier alpha value is -1.04. The van der Waals surface area contributed by atoms with Crippen LogP contribution in [0.15, 0.2) is 6.07 Å². The molecule has 4 saturated carbocycles. The highest BCUT2D eigenvalue weighted by molar-refractivity contribution is 5.22. The van der Waals surface area contributed by atoms with E-state index in [1.54, 1.807) is 0 Å². The molecular formula is C23H33F3N2O. The van der Waals surface area contributed by atoms with E-state index in [-0.39, 0.29) is 17.4 Å². The summed E-state index contributed by atoms with van der Waals surface area (Å²) in [5.74, 6) is 2.76. The third-order valence-electron chi connectivity index (χ3n) is 9.90. The quantitative estimate of drug-likeness (QED) is 0.604. The number of H-pyrrole nitrogens is 1. The molecule has 4 aliphatic carbocycles. The maximum atomic E-state index is 13.1. The lowest BCUT2D eigenvalue weighted by Crippen LogP contribution is -2.53. The first-order chi connectivity index (χ1) is 13.6. The lowest BCUT2D eigenvalue weighted by Gasteiger charge is -2.61. The number of hydrogen-bond acceptors (Lipinski definition) is 2. The minimum Gasteiger partial charge on any atom is -0.393 e. The first-order valence-electron chi connectivity index (χ1n) is 11.4. The summed E-state index contributed by atoms with van der Waals surface area (Å²) in [6, 6.07) is 1.26. The molecule has 3 nitrogen and oxygen atoms in total. The Balaban J connectivity index is 1.40. The number of halogens is 3. The maximum Gasteiger partial charge on any atom is 0.435 e. The molecule has 4 fully saturated rings. The maximum absolute atomic E-state index is 13.1. The average molecular weight is 411 g/mol. The summed E-state index contributed by atoms with van der Waals surface area (Å²) in [4.78, 5) is 0. The second-order valence-corrected chi connectivity index (χ2v) is 11.0. The van der Waals surface area contributed by atoms with Gasteiger partial charge in [0.05, 0.1) is 6.10 Å². The average Bonchev–Trinajstić information content (AvgIpc) is 3.26. The largest absolute Gasteiger partial charge is 0.435 e.